The van der Waals surface area contributed by atoms with Crippen molar-refractivity contribution in [1.82, 2.24) is 0 Å². The van der Waals surface area contributed by atoms with Crippen molar-refractivity contribution in [3.8, 4) is 0 Å². The van der Waals surface area contributed by atoms with Crippen molar-refractivity contribution in [3.05, 3.63) is 0 Å². The van der Waals surface area contributed by atoms with Crippen LogP contribution in [0.1, 0.15) is 32.1 Å². The molecule has 0 aromatic rings. The summed E-state index contributed by atoms with van der Waals surface area (Å²) in [5.74, 6) is 0. The van der Waals surface area contributed by atoms with Gasteiger partial charge < -0.3 is 4.84 Å². The summed E-state index contributed by atoms with van der Waals surface area (Å²) >= 11 is 3.35. The summed E-state index contributed by atoms with van der Waals surface area (Å²) in [5.41, 5.74) is 0.110. The fourth-order valence-corrected chi connectivity index (χ4v) is 2.35. The highest BCUT2D eigenvalue weighted by molar-refractivity contribution is 9.18. The Kier molecular flexibility index (Phi) is 1.48. The van der Waals surface area contributed by atoms with Crippen LogP contribution in [0.5, 0.6) is 0 Å². The first-order valence-corrected chi connectivity index (χ1v) is 4.51. The van der Waals surface area contributed by atoms with Gasteiger partial charge in [-0.05, 0) is 41.6 Å². The van der Waals surface area contributed by atoms with Gasteiger partial charge in [0, 0.05) is 6.42 Å². The summed E-state index contributed by atoms with van der Waals surface area (Å²) in [6.45, 7) is 0. The fourth-order valence-electron chi connectivity index (χ4n) is 1.76. The Labute approximate surface area is 68.7 Å². The second-order valence-electron chi connectivity index (χ2n) is 3.13. The molecule has 1 aliphatic heterocycles. The van der Waals surface area contributed by atoms with Gasteiger partial charge in [-0.3, -0.25) is 0 Å². The number of halogens is 1. The van der Waals surface area contributed by atoms with Crippen molar-refractivity contribution in [3.63, 3.8) is 0 Å². The fraction of sp³-hybridized carbons (Fsp3) is 0.857. The molecule has 0 unspecified atom stereocenters. The summed E-state index contributed by atoms with van der Waals surface area (Å²) in [4.78, 5) is 5.35. The lowest BCUT2D eigenvalue weighted by Crippen LogP contribution is -2.23. The van der Waals surface area contributed by atoms with Crippen LogP contribution in [0, 0.1) is 0 Å². The second-order valence-corrected chi connectivity index (χ2v) is 4.04. The Morgan fingerprint density at radius 3 is 2.60 bits per heavy atom. The van der Waals surface area contributed by atoms with E-state index in [1.165, 1.54) is 25.7 Å². The Balaban J connectivity index is 2.07. The van der Waals surface area contributed by atoms with Crippen molar-refractivity contribution >= 4 is 20.6 Å². The van der Waals surface area contributed by atoms with Gasteiger partial charge in [-0.15, -0.1) is 0 Å². The summed E-state index contributed by atoms with van der Waals surface area (Å²) < 4.78 is 0.981. The molecule has 1 spiro atoms. The van der Waals surface area contributed by atoms with E-state index in [1.807, 2.05) is 0 Å². The van der Waals surface area contributed by atoms with Gasteiger partial charge in [0.25, 0.3) is 0 Å². The number of hydrogen-bond donors (Lipinski definition) is 0. The van der Waals surface area contributed by atoms with E-state index in [1.54, 1.807) is 0 Å². The van der Waals surface area contributed by atoms with Gasteiger partial charge >= 0.3 is 0 Å². The summed E-state index contributed by atoms with van der Waals surface area (Å²) in [6, 6.07) is 0. The van der Waals surface area contributed by atoms with Crippen LogP contribution in [0.4, 0.5) is 0 Å². The van der Waals surface area contributed by atoms with Crippen molar-refractivity contribution < 1.29 is 4.84 Å². The molecular weight excluding hydrogens is 194 g/mol. The van der Waals surface area contributed by atoms with E-state index in [-0.39, 0.29) is 5.60 Å². The van der Waals surface area contributed by atoms with Gasteiger partial charge in [0.2, 0.25) is 0 Å². The first-order chi connectivity index (χ1) is 4.81. The molecule has 10 heavy (non-hydrogen) atoms. The normalized spacial score (nSPS) is 28.7. The van der Waals surface area contributed by atoms with E-state index in [4.69, 9.17) is 4.84 Å². The van der Waals surface area contributed by atoms with Crippen molar-refractivity contribution in [1.29, 1.82) is 0 Å². The van der Waals surface area contributed by atoms with Crippen molar-refractivity contribution in [2.45, 2.75) is 37.7 Å². The average molecular weight is 204 g/mol. The summed E-state index contributed by atoms with van der Waals surface area (Å²) in [5, 5.41) is 3.90. The molecule has 0 atom stereocenters. The number of rotatable bonds is 0. The molecule has 0 radical (unpaired) electrons. The highest BCUT2D eigenvalue weighted by Crippen LogP contribution is 2.40. The zero-order chi connectivity index (χ0) is 7.03. The van der Waals surface area contributed by atoms with Crippen molar-refractivity contribution in [2.24, 2.45) is 5.16 Å². The molecule has 56 valence electrons. The van der Waals surface area contributed by atoms with Crippen LogP contribution in [0.25, 0.3) is 0 Å². The Hall–Kier alpha value is -0.0500. The zero-order valence-corrected chi connectivity index (χ0v) is 7.35. The third kappa shape index (κ3) is 0.965. The lowest BCUT2D eigenvalue weighted by atomic mass is 10.00. The van der Waals surface area contributed by atoms with Gasteiger partial charge in [0.15, 0.2) is 0 Å². The summed E-state index contributed by atoms with van der Waals surface area (Å²) in [7, 11) is 0. The van der Waals surface area contributed by atoms with E-state index < -0.39 is 0 Å². The van der Waals surface area contributed by atoms with Gasteiger partial charge in [-0.25, -0.2) is 0 Å². The van der Waals surface area contributed by atoms with E-state index in [2.05, 4.69) is 21.1 Å². The van der Waals surface area contributed by atoms with E-state index in [9.17, 15) is 0 Å². The molecule has 0 aromatic heterocycles. The third-order valence-electron chi connectivity index (χ3n) is 2.32. The lowest BCUT2D eigenvalue weighted by molar-refractivity contribution is -0.0126. The maximum Gasteiger partial charge on any atom is 0.144 e. The van der Waals surface area contributed by atoms with Crippen molar-refractivity contribution in [2.75, 3.05) is 0 Å². The average Bonchev–Trinajstić information content (AvgIpc) is 2.46. The minimum Gasteiger partial charge on any atom is -0.388 e. The van der Waals surface area contributed by atoms with Crippen LogP contribution in [0.15, 0.2) is 5.16 Å². The van der Waals surface area contributed by atoms with Crippen LogP contribution in [0.2, 0.25) is 0 Å². The minimum absolute atomic E-state index is 0.110. The summed E-state index contributed by atoms with van der Waals surface area (Å²) in [6.07, 6.45) is 5.97. The monoisotopic (exact) mass is 203 g/mol. The maximum atomic E-state index is 5.35. The first kappa shape index (κ1) is 6.65. The van der Waals surface area contributed by atoms with E-state index in [0.717, 1.165) is 11.0 Å². The Morgan fingerprint density at radius 1 is 1.40 bits per heavy atom. The van der Waals surface area contributed by atoms with Gasteiger partial charge in [0.05, 0.1) is 0 Å². The molecular formula is C7H10BrNO. The van der Waals surface area contributed by atoms with Crippen LogP contribution in [0.3, 0.4) is 0 Å². The third-order valence-corrected chi connectivity index (χ3v) is 2.75. The Bertz CT molecular complexity index is 172. The predicted molar refractivity (Wildman–Crippen MR) is 43.3 cm³/mol. The molecule has 1 saturated carbocycles. The minimum atomic E-state index is 0.110. The smallest absolute Gasteiger partial charge is 0.144 e. The molecule has 3 heteroatoms. The molecule has 1 aliphatic carbocycles. The molecule has 1 heterocycles. The number of nitrogens with zero attached hydrogens (tertiary/aromatic N) is 1. The van der Waals surface area contributed by atoms with Crippen LogP contribution >= 0.6 is 15.9 Å². The highest BCUT2D eigenvalue weighted by atomic mass is 79.9. The van der Waals surface area contributed by atoms with Gasteiger partial charge in [0.1, 0.15) is 10.2 Å². The van der Waals surface area contributed by atoms with E-state index in [0.29, 0.717) is 0 Å². The Morgan fingerprint density at radius 2 is 2.10 bits per heavy atom. The van der Waals surface area contributed by atoms with Crippen LogP contribution < -0.4 is 0 Å². The molecule has 0 bridgehead atoms. The second kappa shape index (κ2) is 2.22. The zero-order valence-electron chi connectivity index (χ0n) is 5.77. The largest absolute Gasteiger partial charge is 0.388 e. The first-order valence-electron chi connectivity index (χ1n) is 3.71. The molecule has 0 saturated heterocycles. The molecule has 0 N–H and O–H groups in total. The lowest BCUT2D eigenvalue weighted by Gasteiger charge is -2.18. The molecule has 0 aromatic carbocycles. The molecule has 0 amide bonds. The topological polar surface area (TPSA) is 21.6 Å². The van der Waals surface area contributed by atoms with Gasteiger partial charge in [-0.1, -0.05) is 5.16 Å². The maximum absolute atomic E-state index is 5.35. The molecule has 2 aliphatic rings. The predicted octanol–water partition coefficient (Wildman–Crippen LogP) is 2.43. The van der Waals surface area contributed by atoms with Gasteiger partial charge in [-0.2, -0.15) is 0 Å². The number of oxime groups is 1. The standard InChI is InChI=1S/C7H10BrNO/c8-6-5-7(10-9-6)3-1-2-4-7/h1-5H2. The molecule has 2 nitrogen and oxygen atoms in total. The quantitative estimate of drug-likeness (QED) is 0.593. The molecule has 2 rings (SSSR count). The van der Waals surface area contributed by atoms with Crippen LogP contribution in [-0.2, 0) is 4.84 Å². The van der Waals surface area contributed by atoms with Crippen LogP contribution in [-0.4, -0.2) is 10.2 Å². The molecule has 1 fully saturated rings. The number of hydrogen-bond acceptors (Lipinski definition) is 2. The SMILES string of the molecule is BrC1=NOC2(CCCC2)C1. The van der Waals surface area contributed by atoms with E-state index >= 15 is 0 Å². The highest BCUT2D eigenvalue weighted by Gasteiger charge is 2.40.